The summed E-state index contributed by atoms with van der Waals surface area (Å²) < 4.78 is 0. The molecule has 94 valence electrons. The molecule has 1 amide bonds. The monoisotopic (exact) mass is 244 g/mol. The second-order valence-electron chi connectivity index (χ2n) is 4.72. The topological polar surface area (TPSA) is 61.0 Å². The molecule has 0 saturated carbocycles. The smallest absolute Gasteiger partial charge is 0.254 e. The molecule has 18 heavy (non-hydrogen) atoms. The first-order chi connectivity index (χ1) is 8.75. The van der Waals surface area contributed by atoms with Gasteiger partial charge in [0.25, 0.3) is 5.91 Å². The van der Waals surface area contributed by atoms with E-state index in [1.54, 1.807) is 6.20 Å². The summed E-state index contributed by atoms with van der Waals surface area (Å²) in [5.74, 6) is 0.0977. The van der Waals surface area contributed by atoms with Crippen molar-refractivity contribution in [2.75, 3.05) is 19.6 Å². The average molecular weight is 244 g/mol. The lowest BCUT2D eigenvalue weighted by molar-refractivity contribution is 0.0656. The molecule has 2 heterocycles. The van der Waals surface area contributed by atoms with Gasteiger partial charge in [-0.1, -0.05) is 6.07 Å². The first kappa shape index (κ1) is 11.2. The second kappa shape index (κ2) is 4.42. The lowest BCUT2D eigenvalue weighted by Crippen LogP contribution is -2.52. The Balaban J connectivity index is 1.90. The molecule has 0 spiro atoms. The maximum atomic E-state index is 12.4. The van der Waals surface area contributed by atoms with Gasteiger partial charge in [0.05, 0.1) is 11.7 Å². The van der Waals surface area contributed by atoms with Gasteiger partial charge in [-0.3, -0.25) is 9.89 Å². The molecular weight excluding hydrogens is 228 g/mol. The summed E-state index contributed by atoms with van der Waals surface area (Å²) in [5, 5.41) is 11.2. The zero-order valence-corrected chi connectivity index (χ0v) is 10.3. The minimum Gasteiger partial charge on any atom is -0.333 e. The second-order valence-corrected chi connectivity index (χ2v) is 4.72. The predicted molar refractivity (Wildman–Crippen MR) is 69.5 cm³/mol. The van der Waals surface area contributed by atoms with Crippen molar-refractivity contribution < 1.29 is 4.79 Å². The number of nitrogens with zero attached hydrogens (tertiary/aromatic N) is 2. The van der Waals surface area contributed by atoms with Crippen molar-refractivity contribution in [3.8, 4) is 0 Å². The van der Waals surface area contributed by atoms with Crippen LogP contribution in [0.2, 0.25) is 0 Å². The maximum absolute atomic E-state index is 12.4. The summed E-state index contributed by atoms with van der Waals surface area (Å²) in [6, 6.07) is 5.91. The number of nitrogens with one attached hydrogen (secondary N) is 2. The normalized spacial score (nSPS) is 20.3. The number of hydrogen-bond acceptors (Lipinski definition) is 3. The van der Waals surface area contributed by atoms with Gasteiger partial charge < -0.3 is 10.2 Å². The van der Waals surface area contributed by atoms with Crippen molar-refractivity contribution in [3.63, 3.8) is 0 Å². The van der Waals surface area contributed by atoms with Gasteiger partial charge in [-0.2, -0.15) is 5.10 Å². The molecule has 1 atom stereocenters. The van der Waals surface area contributed by atoms with Crippen LogP contribution in [0.1, 0.15) is 17.3 Å². The van der Waals surface area contributed by atoms with E-state index in [1.165, 1.54) is 0 Å². The molecule has 1 fully saturated rings. The lowest BCUT2D eigenvalue weighted by Gasteiger charge is -2.34. The minimum atomic E-state index is 0.0977. The van der Waals surface area contributed by atoms with Gasteiger partial charge in [0.2, 0.25) is 0 Å². The van der Waals surface area contributed by atoms with Gasteiger partial charge in [-0.25, -0.2) is 0 Å². The summed E-state index contributed by atoms with van der Waals surface area (Å²) >= 11 is 0. The van der Waals surface area contributed by atoms with E-state index < -0.39 is 0 Å². The molecule has 5 heteroatoms. The fourth-order valence-electron chi connectivity index (χ4n) is 2.38. The van der Waals surface area contributed by atoms with E-state index in [4.69, 9.17) is 0 Å². The number of amides is 1. The van der Waals surface area contributed by atoms with Crippen molar-refractivity contribution in [1.29, 1.82) is 0 Å². The van der Waals surface area contributed by atoms with E-state index in [2.05, 4.69) is 22.4 Å². The van der Waals surface area contributed by atoms with E-state index in [-0.39, 0.29) is 11.9 Å². The molecule has 0 bridgehead atoms. The van der Waals surface area contributed by atoms with Crippen molar-refractivity contribution in [2.45, 2.75) is 13.0 Å². The Hall–Kier alpha value is -1.88. The van der Waals surface area contributed by atoms with Crippen LogP contribution in [-0.4, -0.2) is 46.7 Å². The Morgan fingerprint density at radius 2 is 2.39 bits per heavy atom. The third-order valence-electron chi connectivity index (χ3n) is 3.45. The Morgan fingerprint density at radius 1 is 1.50 bits per heavy atom. The highest BCUT2D eigenvalue weighted by Crippen LogP contribution is 2.16. The molecule has 2 aromatic rings. The van der Waals surface area contributed by atoms with Crippen LogP contribution in [0.4, 0.5) is 0 Å². The Kier molecular flexibility index (Phi) is 2.76. The quantitative estimate of drug-likeness (QED) is 0.786. The summed E-state index contributed by atoms with van der Waals surface area (Å²) in [7, 11) is 0. The number of aromatic nitrogens is 2. The predicted octanol–water partition coefficient (Wildman–Crippen LogP) is 0.997. The van der Waals surface area contributed by atoms with Crippen LogP contribution >= 0.6 is 0 Å². The van der Waals surface area contributed by atoms with E-state index in [0.29, 0.717) is 0 Å². The molecule has 0 aliphatic carbocycles. The van der Waals surface area contributed by atoms with Crippen LogP contribution in [0.3, 0.4) is 0 Å². The first-order valence-corrected chi connectivity index (χ1v) is 6.20. The van der Waals surface area contributed by atoms with Gasteiger partial charge in [-0.05, 0) is 19.1 Å². The molecule has 1 saturated heterocycles. The van der Waals surface area contributed by atoms with E-state index >= 15 is 0 Å². The fraction of sp³-hybridized carbons (Fsp3) is 0.385. The Bertz CT molecular complexity index is 577. The van der Waals surface area contributed by atoms with Crippen LogP contribution < -0.4 is 5.32 Å². The number of rotatable bonds is 1. The van der Waals surface area contributed by atoms with Crippen molar-refractivity contribution in [3.05, 3.63) is 30.0 Å². The highest BCUT2D eigenvalue weighted by atomic mass is 16.2. The number of piperazine rings is 1. The van der Waals surface area contributed by atoms with E-state index in [9.17, 15) is 4.79 Å². The molecule has 2 N–H and O–H groups in total. The molecular formula is C13H16N4O. The largest absolute Gasteiger partial charge is 0.333 e. The number of carbonyl (C=O) groups is 1. The Morgan fingerprint density at radius 3 is 3.22 bits per heavy atom. The molecule has 1 aliphatic heterocycles. The zero-order valence-electron chi connectivity index (χ0n) is 10.3. The van der Waals surface area contributed by atoms with E-state index in [1.807, 2.05) is 23.1 Å². The van der Waals surface area contributed by atoms with Gasteiger partial charge in [0, 0.05) is 36.6 Å². The van der Waals surface area contributed by atoms with Crippen LogP contribution in [0.5, 0.6) is 0 Å². The van der Waals surface area contributed by atoms with Gasteiger partial charge in [-0.15, -0.1) is 0 Å². The number of hydrogen-bond donors (Lipinski definition) is 2. The summed E-state index contributed by atoms with van der Waals surface area (Å²) in [5.41, 5.74) is 1.63. The molecule has 1 aromatic heterocycles. The zero-order chi connectivity index (χ0) is 12.5. The molecule has 3 rings (SSSR count). The highest BCUT2D eigenvalue weighted by Gasteiger charge is 2.24. The molecule has 5 nitrogen and oxygen atoms in total. The molecule has 0 radical (unpaired) electrons. The minimum absolute atomic E-state index is 0.0977. The summed E-state index contributed by atoms with van der Waals surface area (Å²) in [6.45, 7) is 4.56. The molecule has 1 aromatic carbocycles. The molecule has 0 unspecified atom stereocenters. The number of benzene rings is 1. The summed E-state index contributed by atoms with van der Waals surface area (Å²) in [6.07, 6.45) is 1.76. The van der Waals surface area contributed by atoms with Crippen LogP contribution in [0.25, 0.3) is 10.9 Å². The maximum Gasteiger partial charge on any atom is 0.254 e. The third-order valence-corrected chi connectivity index (χ3v) is 3.45. The number of H-pyrrole nitrogens is 1. The highest BCUT2D eigenvalue weighted by molar-refractivity contribution is 5.97. The first-order valence-electron chi connectivity index (χ1n) is 6.20. The number of fused-ring (bicyclic) bond motifs is 1. The van der Waals surface area contributed by atoms with Crippen molar-refractivity contribution in [1.82, 2.24) is 20.4 Å². The standard InChI is InChI=1S/C13H16N4O/c1-9-7-14-4-5-17(9)13(18)10-2-3-11-8-15-16-12(11)6-10/h2-3,6,8-9,14H,4-5,7H2,1H3,(H,15,16)/t9-/m0/s1. The SMILES string of the molecule is C[C@H]1CNCCN1C(=O)c1ccc2cn[nH]c2c1. The van der Waals surface area contributed by atoms with Crippen LogP contribution in [0.15, 0.2) is 24.4 Å². The van der Waals surface area contributed by atoms with Crippen LogP contribution in [-0.2, 0) is 0 Å². The van der Waals surface area contributed by atoms with Crippen LogP contribution in [0, 0.1) is 0 Å². The van der Waals surface area contributed by atoms with E-state index in [0.717, 1.165) is 36.1 Å². The van der Waals surface area contributed by atoms with Crippen molar-refractivity contribution >= 4 is 16.8 Å². The number of aromatic amines is 1. The average Bonchev–Trinajstić information content (AvgIpc) is 2.85. The van der Waals surface area contributed by atoms with Gasteiger partial charge >= 0.3 is 0 Å². The van der Waals surface area contributed by atoms with Gasteiger partial charge in [0.15, 0.2) is 0 Å². The molecule has 1 aliphatic rings. The van der Waals surface area contributed by atoms with Gasteiger partial charge in [0.1, 0.15) is 0 Å². The van der Waals surface area contributed by atoms with Crippen molar-refractivity contribution in [2.24, 2.45) is 0 Å². The Labute approximate surface area is 105 Å². The lowest BCUT2D eigenvalue weighted by atomic mass is 10.1. The summed E-state index contributed by atoms with van der Waals surface area (Å²) in [4.78, 5) is 14.4. The fourth-order valence-corrected chi connectivity index (χ4v) is 2.38. The number of carbonyl (C=O) groups excluding carboxylic acids is 1. The third kappa shape index (κ3) is 1.86.